The third-order valence-corrected chi connectivity index (χ3v) is 5.75. The Kier molecular flexibility index (Phi) is 7.11. The van der Waals surface area contributed by atoms with Crippen LogP contribution in [0.4, 0.5) is 13.2 Å². The molecule has 35 heavy (non-hydrogen) atoms. The smallest absolute Gasteiger partial charge is 0.416 e. The molecule has 9 heteroatoms. The second-order valence-electron chi connectivity index (χ2n) is 8.28. The van der Waals surface area contributed by atoms with Gasteiger partial charge in [0.2, 0.25) is 5.78 Å². The number of alkyl halides is 3. The molecule has 3 N–H and O–H groups in total. The van der Waals surface area contributed by atoms with Crippen LogP contribution in [-0.4, -0.2) is 41.9 Å². The van der Waals surface area contributed by atoms with E-state index in [1.54, 1.807) is 42.5 Å². The number of Topliss-reactive ketones (excluding diaryl/α,β-unsaturated/α-hetero) is 1. The van der Waals surface area contributed by atoms with Gasteiger partial charge in [-0.3, -0.25) is 4.79 Å². The van der Waals surface area contributed by atoms with Gasteiger partial charge < -0.3 is 25.0 Å². The molecule has 1 unspecified atom stereocenters. The topological polar surface area (TPSA) is 88.0 Å². The first-order valence-corrected chi connectivity index (χ1v) is 10.9. The van der Waals surface area contributed by atoms with Crippen LogP contribution in [0.5, 0.6) is 11.5 Å². The van der Waals surface area contributed by atoms with Crippen molar-refractivity contribution in [2.45, 2.75) is 24.4 Å². The molecule has 0 fully saturated rings. The van der Waals surface area contributed by atoms with E-state index < -0.39 is 23.4 Å². The number of phenolic OH excluding ortho intramolecular Hbond substituents is 1. The molecule has 0 saturated carbocycles. The molecule has 0 bridgehead atoms. The fraction of sp³-hybridized carbons (Fsp3) is 0.269. The lowest BCUT2D eigenvalue weighted by atomic mass is 9.84. The lowest BCUT2D eigenvalue weighted by Crippen LogP contribution is -2.49. The molecule has 0 aliphatic carbocycles. The summed E-state index contributed by atoms with van der Waals surface area (Å²) in [6.07, 6.45) is -5.49. The van der Waals surface area contributed by atoms with Gasteiger partial charge >= 0.3 is 6.18 Å². The predicted molar refractivity (Wildman–Crippen MR) is 121 cm³/mol. The van der Waals surface area contributed by atoms with E-state index >= 15 is 0 Å². The SMILES string of the molecule is O=C1c2ccccc2OCC1(OC[C@@H](O)CNCc1cccc(C(F)(F)F)c1)c1ccc(O)cc1. The lowest BCUT2D eigenvalue weighted by Gasteiger charge is -2.37. The maximum atomic E-state index is 13.5. The fourth-order valence-corrected chi connectivity index (χ4v) is 3.92. The number of hydrogen-bond donors (Lipinski definition) is 3. The zero-order valence-corrected chi connectivity index (χ0v) is 18.6. The quantitative estimate of drug-likeness (QED) is 0.445. The summed E-state index contributed by atoms with van der Waals surface area (Å²) in [7, 11) is 0. The van der Waals surface area contributed by atoms with Crippen LogP contribution < -0.4 is 10.1 Å². The van der Waals surface area contributed by atoms with E-state index in [2.05, 4.69) is 5.32 Å². The molecule has 0 radical (unpaired) electrons. The number of fused-ring (bicyclic) bond motifs is 1. The molecular weight excluding hydrogens is 463 g/mol. The molecule has 0 spiro atoms. The molecule has 1 aliphatic rings. The van der Waals surface area contributed by atoms with Crippen molar-refractivity contribution in [3.8, 4) is 11.5 Å². The summed E-state index contributed by atoms with van der Waals surface area (Å²) >= 11 is 0. The highest BCUT2D eigenvalue weighted by Gasteiger charge is 2.47. The number of benzene rings is 3. The van der Waals surface area contributed by atoms with Crippen LogP contribution in [-0.2, 0) is 23.1 Å². The first-order valence-electron chi connectivity index (χ1n) is 10.9. The van der Waals surface area contributed by atoms with E-state index in [9.17, 15) is 28.2 Å². The molecule has 0 amide bonds. The summed E-state index contributed by atoms with van der Waals surface area (Å²) in [4.78, 5) is 13.5. The molecule has 0 saturated heterocycles. The first kappa shape index (κ1) is 24.7. The van der Waals surface area contributed by atoms with Gasteiger partial charge in [-0.05, 0) is 41.5 Å². The highest BCUT2D eigenvalue weighted by molar-refractivity contribution is 6.06. The minimum absolute atomic E-state index is 0.0207. The van der Waals surface area contributed by atoms with Gasteiger partial charge in [0.05, 0.1) is 23.8 Å². The second kappa shape index (κ2) is 10.1. The number of ether oxygens (including phenoxy) is 2. The molecule has 0 aromatic heterocycles. The van der Waals surface area contributed by atoms with E-state index in [0.29, 0.717) is 22.4 Å². The minimum atomic E-state index is -4.43. The number of halogens is 3. The number of aliphatic hydroxyl groups is 1. The van der Waals surface area contributed by atoms with Gasteiger partial charge in [0, 0.05) is 13.1 Å². The molecular formula is C26H24F3NO5. The van der Waals surface area contributed by atoms with Crippen LogP contribution in [0, 0.1) is 0 Å². The van der Waals surface area contributed by atoms with Gasteiger partial charge in [0.1, 0.15) is 18.1 Å². The zero-order valence-electron chi connectivity index (χ0n) is 18.6. The maximum absolute atomic E-state index is 13.5. The third-order valence-electron chi connectivity index (χ3n) is 5.75. The number of carbonyl (C=O) groups is 1. The average molecular weight is 487 g/mol. The molecule has 184 valence electrons. The summed E-state index contributed by atoms with van der Waals surface area (Å²) < 4.78 is 50.5. The number of nitrogens with one attached hydrogen (secondary N) is 1. The molecule has 3 aromatic carbocycles. The molecule has 2 atom stereocenters. The Labute approximate surface area is 199 Å². The normalized spacial score (nSPS) is 18.6. The number of ketones is 1. The second-order valence-corrected chi connectivity index (χ2v) is 8.28. The van der Waals surface area contributed by atoms with Crippen LogP contribution in [0.25, 0.3) is 0 Å². The van der Waals surface area contributed by atoms with E-state index in [1.165, 1.54) is 18.2 Å². The van der Waals surface area contributed by atoms with Crippen molar-refractivity contribution in [2.24, 2.45) is 0 Å². The van der Waals surface area contributed by atoms with Crippen molar-refractivity contribution < 1.29 is 37.7 Å². The molecule has 6 nitrogen and oxygen atoms in total. The number of phenols is 1. The van der Waals surface area contributed by atoms with Crippen molar-refractivity contribution >= 4 is 5.78 Å². The Bertz CT molecular complexity index is 1180. The number of rotatable bonds is 8. The largest absolute Gasteiger partial charge is 0.508 e. The van der Waals surface area contributed by atoms with Crippen LogP contribution in [0.15, 0.2) is 72.8 Å². The zero-order chi connectivity index (χ0) is 25.1. The van der Waals surface area contributed by atoms with Crippen molar-refractivity contribution in [3.63, 3.8) is 0 Å². The van der Waals surface area contributed by atoms with E-state index in [4.69, 9.17) is 9.47 Å². The monoisotopic (exact) mass is 487 g/mol. The van der Waals surface area contributed by atoms with Gasteiger partial charge in [0.25, 0.3) is 0 Å². The lowest BCUT2D eigenvalue weighted by molar-refractivity contribution is -0.137. The first-order chi connectivity index (χ1) is 16.7. The number of hydrogen-bond acceptors (Lipinski definition) is 6. The van der Waals surface area contributed by atoms with Crippen LogP contribution in [0.3, 0.4) is 0 Å². The van der Waals surface area contributed by atoms with Gasteiger partial charge in [0.15, 0.2) is 5.60 Å². The number of para-hydroxylation sites is 1. The van der Waals surface area contributed by atoms with Gasteiger partial charge in [-0.25, -0.2) is 0 Å². The average Bonchev–Trinajstić information content (AvgIpc) is 2.84. The molecule has 1 aliphatic heterocycles. The Balaban J connectivity index is 1.43. The van der Waals surface area contributed by atoms with Crippen molar-refractivity contribution in [3.05, 3.63) is 95.1 Å². The number of carbonyl (C=O) groups excluding carboxylic acids is 1. The predicted octanol–water partition coefficient (Wildman–Crippen LogP) is 4.05. The fourth-order valence-electron chi connectivity index (χ4n) is 3.92. The Morgan fingerprint density at radius 3 is 2.54 bits per heavy atom. The summed E-state index contributed by atoms with van der Waals surface area (Å²) in [5.41, 5.74) is -1.07. The molecule has 1 heterocycles. The minimum Gasteiger partial charge on any atom is -0.508 e. The Hall–Kier alpha value is -3.40. The molecule has 3 aromatic rings. The maximum Gasteiger partial charge on any atom is 0.416 e. The van der Waals surface area contributed by atoms with Crippen molar-refractivity contribution in [1.29, 1.82) is 0 Å². The summed E-state index contributed by atoms with van der Waals surface area (Å²) in [5, 5.41) is 23.0. The Morgan fingerprint density at radius 2 is 1.80 bits per heavy atom. The van der Waals surface area contributed by atoms with Crippen molar-refractivity contribution in [2.75, 3.05) is 19.8 Å². The molecule has 4 rings (SSSR count). The third kappa shape index (κ3) is 5.48. The van der Waals surface area contributed by atoms with E-state index in [0.717, 1.165) is 12.1 Å². The summed E-state index contributed by atoms with van der Waals surface area (Å²) in [6, 6.07) is 17.7. The van der Waals surface area contributed by atoms with Gasteiger partial charge in [-0.15, -0.1) is 0 Å². The Morgan fingerprint density at radius 1 is 1.06 bits per heavy atom. The van der Waals surface area contributed by atoms with Gasteiger partial charge in [-0.1, -0.05) is 42.5 Å². The van der Waals surface area contributed by atoms with Gasteiger partial charge in [-0.2, -0.15) is 13.2 Å². The standard InChI is InChI=1S/C26H24F3NO5/c27-26(28,29)19-5-3-4-17(12-19)13-30-14-21(32)15-35-25(18-8-10-20(31)11-9-18)16-34-23-7-2-1-6-22(23)24(25)33/h1-12,21,30-32H,13-16H2/t21-,25?/m0/s1. The highest BCUT2D eigenvalue weighted by Crippen LogP contribution is 2.38. The van der Waals surface area contributed by atoms with Crippen LogP contribution in [0.2, 0.25) is 0 Å². The van der Waals surface area contributed by atoms with E-state index in [1.807, 2.05) is 0 Å². The van der Waals surface area contributed by atoms with E-state index in [-0.39, 0.29) is 37.8 Å². The summed E-state index contributed by atoms with van der Waals surface area (Å²) in [6.45, 7) is -0.237. The van der Waals surface area contributed by atoms with Crippen molar-refractivity contribution in [1.82, 2.24) is 5.32 Å². The highest BCUT2D eigenvalue weighted by atomic mass is 19.4. The number of aromatic hydroxyl groups is 1. The van der Waals surface area contributed by atoms with Crippen LogP contribution >= 0.6 is 0 Å². The number of aliphatic hydroxyl groups excluding tert-OH is 1. The summed E-state index contributed by atoms with van der Waals surface area (Å²) in [5.74, 6) is 0.111. The van der Waals surface area contributed by atoms with Crippen LogP contribution in [0.1, 0.15) is 27.0 Å².